The van der Waals surface area contributed by atoms with Crippen molar-refractivity contribution in [2.45, 2.75) is 24.2 Å². The number of hydrogen-bond donors (Lipinski definition) is 2. The van der Waals surface area contributed by atoms with Gasteiger partial charge in [-0.05, 0) is 128 Å². The topological polar surface area (TPSA) is 116 Å². The number of phenols is 1. The zero-order valence-corrected chi connectivity index (χ0v) is 32.3. The van der Waals surface area contributed by atoms with Crippen molar-refractivity contribution in [1.82, 2.24) is 5.01 Å². The molecule has 0 radical (unpaired) electrons. The Balaban J connectivity index is 1.37. The van der Waals surface area contributed by atoms with E-state index in [0.29, 0.717) is 42.6 Å². The Morgan fingerprint density at radius 2 is 1.51 bits per heavy atom. The molecule has 4 amide bonds. The van der Waals surface area contributed by atoms with Crippen molar-refractivity contribution < 1.29 is 33.4 Å². The number of methoxy groups -OCH3 is 1. The first kappa shape index (κ1) is 35.8. The van der Waals surface area contributed by atoms with E-state index in [4.69, 9.17) is 27.9 Å². The summed E-state index contributed by atoms with van der Waals surface area (Å²) in [4.78, 5) is 60.0. The van der Waals surface area contributed by atoms with Gasteiger partial charge in [0.25, 0.3) is 11.8 Å². The summed E-state index contributed by atoms with van der Waals surface area (Å²) < 4.78 is 20.2. The first-order valence-electron chi connectivity index (χ1n) is 16.6. The number of fused-ring (bicyclic) bond motifs is 4. The molecule has 8 rings (SSSR count). The third kappa shape index (κ3) is 5.35. The molecule has 6 unspecified atom stereocenters. The van der Waals surface area contributed by atoms with E-state index < -0.39 is 58.5 Å². The molecule has 53 heavy (non-hydrogen) atoms. The highest BCUT2D eigenvalue weighted by atomic mass is 79.9. The zero-order valence-electron chi connectivity index (χ0n) is 27.7. The molecule has 0 aromatic heterocycles. The molecule has 0 bridgehead atoms. The van der Waals surface area contributed by atoms with Crippen LogP contribution in [0.1, 0.15) is 29.9 Å². The summed E-state index contributed by atoms with van der Waals surface area (Å²) in [5, 5.41) is 12.8. The average molecular weight is 884 g/mol. The average Bonchev–Trinajstić information content (AvgIpc) is 3.53. The molecule has 3 fully saturated rings. The van der Waals surface area contributed by atoms with Gasteiger partial charge in [-0.1, -0.05) is 47.0 Å². The number of nitrogens with zero attached hydrogens (tertiary/aromatic N) is 2. The Bertz CT molecular complexity index is 2260. The number of hydrogen-bond acceptors (Lipinski definition) is 7. The highest BCUT2D eigenvalue weighted by Gasteiger charge is 2.70. The highest BCUT2D eigenvalue weighted by Crippen LogP contribution is 2.65. The number of amides is 4. The Morgan fingerprint density at radius 3 is 2.15 bits per heavy atom. The van der Waals surface area contributed by atoms with E-state index >= 15 is 4.79 Å². The van der Waals surface area contributed by atoms with Gasteiger partial charge in [-0.25, -0.2) is 4.39 Å². The van der Waals surface area contributed by atoms with Gasteiger partial charge < -0.3 is 9.84 Å². The van der Waals surface area contributed by atoms with Crippen LogP contribution in [0.4, 0.5) is 15.8 Å². The number of allylic oxidation sites excluding steroid dienone is 2. The molecule has 1 saturated carbocycles. The van der Waals surface area contributed by atoms with Crippen LogP contribution < -0.4 is 15.1 Å². The van der Waals surface area contributed by atoms with E-state index in [2.05, 4.69) is 37.3 Å². The second-order valence-electron chi connectivity index (χ2n) is 13.5. The summed E-state index contributed by atoms with van der Waals surface area (Å²) >= 11 is 19.7. The number of carbonyl (C=O) groups excluding carboxylic acids is 4. The molecule has 4 aliphatic rings. The normalized spacial score (nSPS) is 26.3. The summed E-state index contributed by atoms with van der Waals surface area (Å²) in [5.41, 5.74) is 3.68. The van der Waals surface area contributed by atoms with Gasteiger partial charge in [0.15, 0.2) is 11.5 Å². The monoisotopic (exact) mass is 881 g/mol. The number of anilines is 2. The van der Waals surface area contributed by atoms with Gasteiger partial charge in [-0.15, -0.1) is 0 Å². The van der Waals surface area contributed by atoms with Crippen LogP contribution in [0.3, 0.4) is 0 Å². The molecule has 9 nitrogen and oxygen atoms in total. The Morgan fingerprint density at radius 1 is 0.868 bits per heavy atom. The van der Waals surface area contributed by atoms with Crippen molar-refractivity contribution in [3.63, 3.8) is 0 Å². The molecule has 4 aromatic carbocycles. The minimum absolute atomic E-state index is 0.0553. The van der Waals surface area contributed by atoms with Crippen molar-refractivity contribution in [1.29, 1.82) is 0 Å². The summed E-state index contributed by atoms with van der Waals surface area (Å²) in [6, 6.07) is 20.1. The molecule has 2 N–H and O–H groups in total. The van der Waals surface area contributed by atoms with Gasteiger partial charge >= 0.3 is 0 Å². The van der Waals surface area contributed by atoms with E-state index in [-0.39, 0.29) is 34.7 Å². The fourth-order valence-corrected chi connectivity index (χ4v) is 10.0. The predicted molar refractivity (Wildman–Crippen MR) is 203 cm³/mol. The van der Waals surface area contributed by atoms with Gasteiger partial charge in [0.1, 0.15) is 5.82 Å². The maximum atomic E-state index is 15.4. The molecule has 14 heteroatoms. The number of rotatable bonds is 6. The number of benzene rings is 4. The van der Waals surface area contributed by atoms with E-state index in [0.717, 1.165) is 5.01 Å². The number of halogens is 5. The maximum Gasteiger partial charge on any atom is 0.260 e. The highest BCUT2D eigenvalue weighted by molar-refractivity contribution is 9.13. The zero-order chi connectivity index (χ0) is 37.5. The van der Waals surface area contributed by atoms with Crippen LogP contribution >= 0.6 is 55.1 Å². The fraction of sp³-hybridized carbons (Fsp3) is 0.231. The van der Waals surface area contributed by atoms with E-state index in [1.165, 1.54) is 36.3 Å². The van der Waals surface area contributed by atoms with Gasteiger partial charge in [0.05, 0.1) is 46.1 Å². The summed E-state index contributed by atoms with van der Waals surface area (Å²) in [6.45, 7) is 0. The molecule has 270 valence electrons. The quantitative estimate of drug-likeness (QED) is 0.147. The summed E-state index contributed by atoms with van der Waals surface area (Å²) in [7, 11) is 1.40. The van der Waals surface area contributed by atoms with Crippen LogP contribution in [-0.2, 0) is 24.6 Å². The largest absolute Gasteiger partial charge is 0.503 e. The second kappa shape index (κ2) is 13.3. The number of aromatic hydroxyl groups is 1. The molecule has 0 spiro atoms. The lowest BCUT2D eigenvalue weighted by Gasteiger charge is -2.51. The molecular weight excluding hydrogens is 856 g/mol. The second-order valence-corrected chi connectivity index (χ2v) is 16.0. The number of hydrazine groups is 1. The lowest BCUT2D eigenvalue weighted by atomic mass is 9.49. The van der Waals surface area contributed by atoms with Crippen LogP contribution in [0, 0.1) is 29.5 Å². The molecule has 2 heterocycles. The third-order valence-corrected chi connectivity index (χ3v) is 13.7. The van der Waals surface area contributed by atoms with Crippen molar-refractivity contribution >= 4 is 90.1 Å². The maximum absolute atomic E-state index is 15.4. The first-order chi connectivity index (χ1) is 25.4. The number of carbonyl (C=O) groups is 4. The van der Waals surface area contributed by atoms with Crippen LogP contribution in [-0.4, -0.2) is 40.9 Å². The molecular formula is C39H28Br2Cl2FN3O6. The van der Waals surface area contributed by atoms with Crippen molar-refractivity contribution in [3.8, 4) is 11.5 Å². The summed E-state index contributed by atoms with van der Waals surface area (Å²) in [6.07, 6.45) is 2.19. The lowest BCUT2D eigenvalue weighted by molar-refractivity contribution is -0.138. The molecule has 2 aliphatic heterocycles. The number of nitrogens with one attached hydrogen (secondary N) is 1. The van der Waals surface area contributed by atoms with Gasteiger partial charge in [0, 0.05) is 20.4 Å². The van der Waals surface area contributed by atoms with E-state index in [9.17, 15) is 23.9 Å². The number of ether oxygens (including phenoxy) is 1. The summed E-state index contributed by atoms with van der Waals surface area (Å²) in [5.74, 6) is -6.67. The third-order valence-electron chi connectivity index (χ3n) is 11.0. The minimum atomic E-state index is -1.63. The first-order valence-corrected chi connectivity index (χ1v) is 19.0. The van der Waals surface area contributed by atoms with E-state index in [1.807, 2.05) is 6.08 Å². The minimum Gasteiger partial charge on any atom is -0.503 e. The van der Waals surface area contributed by atoms with Crippen molar-refractivity contribution in [2.75, 3.05) is 17.4 Å². The molecule has 6 atom stereocenters. The van der Waals surface area contributed by atoms with Crippen LogP contribution in [0.25, 0.3) is 0 Å². The molecule has 2 aliphatic carbocycles. The smallest absolute Gasteiger partial charge is 0.260 e. The van der Waals surface area contributed by atoms with Crippen LogP contribution in [0.2, 0.25) is 10.0 Å². The Kier molecular flexibility index (Phi) is 8.95. The van der Waals surface area contributed by atoms with E-state index in [1.54, 1.807) is 54.6 Å². The molecule has 4 aromatic rings. The van der Waals surface area contributed by atoms with Gasteiger partial charge in [-0.3, -0.25) is 29.5 Å². The standard InChI is InChI=1S/C39H28Br2Cl2FN3O6/c1-53-29-17-27(32(40)33(41)34(29)48)31-24-14-15-25-30(37(51)46(35(25)49)23-12-6-20(43)7-13-23)26(24)16-28-36(50)47(45-22-10-8-21(44)9-11-22)38(52)39(28,31)18-2-4-19(42)5-3-18/h2-14,17,25-26,28,30-31,45,48H,15-16H2,1H3. The Hall–Kier alpha value is -4.23. The molecule has 2 saturated heterocycles. The van der Waals surface area contributed by atoms with Crippen molar-refractivity contribution in [2.24, 2.45) is 23.7 Å². The van der Waals surface area contributed by atoms with Gasteiger partial charge in [0.2, 0.25) is 11.8 Å². The van der Waals surface area contributed by atoms with Gasteiger partial charge in [-0.2, -0.15) is 5.01 Å². The number of imide groups is 2. The lowest BCUT2D eigenvalue weighted by Crippen LogP contribution is -2.53. The predicted octanol–water partition coefficient (Wildman–Crippen LogP) is 8.56. The SMILES string of the molecule is COc1cc(C2C3=CCC4C(=O)N(c5ccc(Cl)cc5)C(=O)C4C3CC3C(=O)N(Nc4ccc(F)cc4)C(=O)C32c2ccc(Cl)cc2)c(Br)c(Br)c1O. The van der Waals surface area contributed by atoms with Crippen LogP contribution in [0.5, 0.6) is 11.5 Å². The number of phenolic OH excluding ortho intramolecular Hbond substituents is 1. The Labute approximate surface area is 329 Å². The fourth-order valence-electron chi connectivity index (χ4n) is 8.82. The van der Waals surface area contributed by atoms with Crippen LogP contribution in [0.15, 0.2) is 99.5 Å². The van der Waals surface area contributed by atoms with Crippen molar-refractivity contribution in [3.05, 3.63) is 126 Å².